The van der Waals surface area contributed by atoms with E-state index in [2.05, 4.69) is 4.18 Å². The van der Waals surface area contributed by atoms with Crippen LogP contribution in [0.3, 0.4) is 0 Å². The van der Waals surface area contributed by atoms with Gasteiger partial charge in [0.25, 0.3) is 0 Å². The molecule has 3 nitrogen and oxygen atoms in total. The van der Waals surface area contributed by atoms with Crippen LogP contribution in [0.25, 0.3) is 11.1 Å². The lowest BCUT2D eigenvalue weighted by Crippen LogP contribution is -1.97. The molecule has 2 aliphatic rings. The van der Waals surface area contributed by atoms with E-state index in [4.69, 9.17) is 0 Å². The summed E-state index contributed by atoms with van der Waals surface area (Å²) in [6, 6.07) is 12.8. The van der Waals surface area contributed by atoms with Crippen molar-refractivity contribution in [2.24, 2.45) is 0 Å². The Morgan fingerprint density at radius 1 is 1.07 bits per heavy atom. The molecule has 2 rings (SSSR count). The molecular formula is C10H7O3S-. The minimum atomic E-state index is -2.52. The zero-order valence-electron chi connectivity index (χ0n) is 7.17. The maximum atomic E-state index is 10.4. The van der Waals surface area contributed by atoms with Gasteiger partial charge in [-0.1, -0.05) is 36.4 Å². The Bertz CT molecular complexity index is 441. The van der Waals surface area contributed by atoms with Crippen LogP contribution in [-0.2, 0) is 11.4 Å². The van der Waals surface area contributed by atoms with Crippen LogP contribution in [0.1, 0.15) is 0 Å². The Morgan fingerprint density at radius 3 is 2.64 bits per heavy atom. The van der Waals surface area contributed by atoms with Crippen LogP contribution in [0, 0.1) is 0 Å². The number of rotatable bonds is 2. The average Bonchev–Trinajstić information content (AvgIpc) is 2.37. The Balaban J connectivity index is 2.47. The summed E-state index contributed by atoms with van der Waals surface area (Å²) in [5.41, 5.74) is 1.75. The maximum Gasteiger partial charge on any atom is 0.147 e. The van der Waals surface area contributed by atoms with Crippen molar-refractivity contribution >= 4 is 11.4 Å². The van der Waals surface area contributed by atoms with E-state index in [1.807, 2.05) is 36.4 Å². The molecule has 0 radical (unpaired) electrons. The lowest BCUT2D eigenvalue weighted by molar-refractivity contribution is 0.441. The largest absolute Gasteiger partial charge is 0.740 e. The summed E-state index contributed by atoms with van der Waals surface area (Å²) in [6.45, 7) is 0. The van der Waals surface area contributed by atoms with Crippen LogP contribution >= 0.6 is 0 Å². The molecule has 0 spiro atoms. The summed E-state index contributed by atoms with van der Waals surface area (Å²) < 4.78 is 25.4. The van der Waals surface area contributed by atoms with E-state index in [0.717, 1.165) is 11.1 Å². The zero-order chi connectivity index (χ0) is 9.97. The topological polar surface area (TPSA) is 49.4 Å². The number of fused-ring (bicyclic) bond motifs is 1. The third-order valence-electron chi connectivity index (χ3n) is 1.91. The van der Waals surface area contributed by atoms with E-state index in [1.54, 1.807) is 6.07 Å². The molecule has 0 saturated carbocycles. The first-order chi connectivity index (χ1) is 6.77. The molecule has 0 heterocycles. The molecule has 0 aromatic heterocycles. The summed E-state index contributed by atoms with van der Waals surface area (Å²) >= 11 is -2.52. The highest BCUT2D eigenvalue weighted by molar-refractivity contribution is 7.74. The van der Waals surface area contributed by atoms with Crippen molar-refractivity contribution in [3.8, 4) is 16.9 Å². The molecular weight excluding hydrogens is 200 g/mol. The second kappa shape index (κ2) is 3.77. The molecule has 4 heteroatoms. The van der Waals surface area contributed by atoms with Crippen molar-refractivity contribution in [1.82, 2.24) is 0 Å². The molecule has 0 aliphatic heterocycles. The van der Waals surface area contributed by atoms with Crippen molar-refractivity contribution in [1.29, 1.82) is 0 Å². The van der Waals surface area contributed by atoms with Crippen molar-refractivity contribution in [2.75, 3.05) is 0 Å². The molecule has 0 saturated heterocycles. The van der Waals surface area contributed by atoms with Crippen LogP contribution in [0.4, 0.5) is 0 Å². The summed E-state index contributed by atoms with van der Waals surface area (Å²) in [5.74, 6) is 0.365. The van der Waals surface area contributed by atoms with Gasteiger partial charge in [0, 0.05) is 5.56 Å². The third-order valence-corrected chi connectivity index (χ3v) is 2.23. The lowest BCUT2D eigenvalue weighted by atomic mass is 10.2. The highest BCUT2D eigenvalue weighted by atomic mass is 32.2. The van der Waals surface area contributed by atoms with E-state index in [0.29, 0.717) is 5.75 Å². The van der Waals surface area contributed by atoms with Crippen LogP contribution in [0.5, 0.6) is 5.75 Å². The number of hydrogen-bond donors (Lipinski definition) is 0. The van der Waals surface area contributed by atoms with Crippen LogP contribution in [0.2, 0.25) is 0 Å². The smallest absolute Gasteiger partial charge is 0.147 e. The molecule has 14 heavy (non-hydrogen) atoms. The van der Waals surface area contributed by atoms with Gasteiger partial charge in [0.1, 0.15) is 17.1 Å². The van der Waals surface area contributed by atoms with Gasteiger partial charge in [-0.05, 0) is 11.6 Å². The molecule has 0 amide bonds. The Kier molecular flexibility index (Phi) is 2.47. The van der Waals surface area contributed by atoms with Gasteiger partial charge < -0.3 is 8.74 Å². The van der Waals surface area contributed by atoms with Crippen molar-refractivity contribution in [3.63, 3.8) is 0 Å². The predicted octanol–water partition coefficient (Wildman–Crippen LogP) is 1.96. The highest BCUT2D eigenvalue weighted by Crippen LogP contribution is 2.33. The molecule has 0 bridgehead atoms. The fourth-order valence-electron chi connectivity index (χ4n) is 1.33. The molecule has 0 fully saturated rings. The Labute approximate surface area is 84.2 Å². The third kappa shape index (κ3) is 1.76. The van der Waals surface area contributed by atoms with Gasteiger partial charge >= 0.3 is 0 Å². The van der Waals surface area contributed by atoms with Crippen LogP contribution in [0.15, 0.2) is 42.5 Å². The van der Waals surface area contributed by atoms with Crippen LogP contribution < -0.4 is 4.18 Å². The minimum absolute atomic E-state index is 0.365. The van der Waals surface area contributed by atoms with Gasteiger partial charge in [0.15, 0.2) is 0 Å². The Hall–Kier alpha value is -1.39. The van der Waals surface area contributed by atoms with Crippen molar-refractivity contribution in [2.45, 2.75) is 0 Å². The van der Waals surface area contributed by atoms with E-state index in [-0.39, 0.29) is 0 Å². The quantitative estimate of drug-likeness (QED) is 0.707. The fraction of sp³-hybridized carbons (Fsp3) is 0. The van der Waals surface area contributed by atoms with E-state index < -0.39 is 11.4 Å². The first kappa shape index (κ1) is 9.18. The standard InChI is InChI=1S/C10H8O3S/c11-14(12)13-10-7-6-8-4-2-1-3-5-9(8)10/h1-7H,(H,11,12)/p-1. The van der Waals surface area contributed by atoms with Gasteiger partial charge in [0.2, 0.25) is 0 Å². The van der Waals surface area contributed by atoms with E-state index in [9.17, 15) is 8.76 Å². The highest BCUT2D eigenvalue weighted by Gasteiger charge is 2.08. The monoisotopic (exact) mass is 207 g/mol. The second-order valence-electron chi connectivity index (χ2n) is 2.76. The van der Waals surface area contributed by atoms with Crippen LogP contribution in [-0.4, -0.2) is 8.76 Å². The first-order valence-electron chi connectivity index (χ1n) is 4.03. The van der Waals surface area contributed by atoms with E-state index in [1.165, 1.54) is 0 Å². The summed E-state index contributed by atoms with van der Waals surface area (Å²) in [4.78, 5) is 0. The summed E-state index contributed by atoms with van der Waals surface area (Å²) in [7, 11) is 0. The van der Waals surface area contributed by atoms with Gasteiger partial charge in [-0.3, -0.25) is 0 Å². The van der Waals surface area contributed by atoms with Gasteiger partial charge in [-0.2, -0.15) is 0 Å². The lowest BCUT2D eigenvalue weighted by Gasteiger charge is -2.06. The van der Waals surface area contributed by atoms with Gasteiger partial charge in [-0.25, -0.2) is 4.21 Å². The predicted molar refractivity (Wildman–Crippen MR) is 52.6 cm³/mol. The van der Waals surface area contributed by atoms with Crippen molar-refractivity contribution in [3.05, 3.63) is 42.5 Å². The number of hydrogen-bond acceptors (Lipinski definition) is 3. The normalized spacial score (nSPS) is 12.6. The summed E-state index contributed by atoms with van der Waals surface area (Å²) in [6.07, 6.45) is 0. The fourth-order valence-corrected chi connectivity index (χ4v) is 1.62. The SMILES string of the molecule is O=S([O-])Oc1ccc2cccccc1-2. The van der Waals surface area contributed by atoms with Gasteiger partial charge in [0.05, 0.1) is 0 Å². The second-order valence-corrected chi connectivity index (χ2v) is 3.34. The molecule has 0 aromatic rings. The van der Waals surface area contributed by atoms with E-state index >= 15 is 0 Å². The van der Waals surface area contributed by atoms with Crippen molar-refractivity contribution < 1.29 is 12.9 Å². The average molecular weight is 207 g/mol. The Morgan fingerprint density at radius 2 is 1.86 bits per heavy atom. The molecule has 0 N–H and O–H groups in total. The molecule has 1 unspecified atom stereocenters. The molecule has 2 aliphatic carbocycles. The molecule has 0 aromatic carbocycles. The first-order valence-corrected chi connectivity index (χ1v) is 5.03. The maximum absolute atomic E-state index is 10.4. The zero-order valence-corrected chi connectivity index (χ0v) is 7.99. The minimum Gasteiger partial charge on any atom is -0.740 e. The van der Waals surface area contributed by atoms with Gasteiger partial charge in [-0.15, -0.1) is 0 Å². The summed E-state index contributed by atoms with van der Waals surface area (Å²) in [5, 5.41) is 0. The molecule has 72 valence electrons. The molecule has 1 atom stereocenters.